The first-order valence-corrected chi connectivity index (χ1v) is 6.33. The lowest BCUT2D eigenvalue weighted by atomic mass is 10.2. The van der Waals surface area contributed by atoms with Crippen LogP contribution in [0.25, 0.3) is 6.08 Å². The molecule has 1 atom stereocenters. The maximum absolute atomic E-state index is 11.9. The van der Waals surface area contributed by atoms with E-state index < -0.39 is 0 Å². The zero-order chi connectivity index (χ0) is 13.2. The summed E-state index contributed by atoms with van der Waals surface area (Å²) in [6.07, 6.45) is 11.9. The van der Waals surface area contributed by atoms with Gasteiger partial charge in [0.15, 0.2) is 0 Å². The van der Waals surface area contributed by atoms with Gasteiger partial charge in [0.2, 0.25) is 5.91 Å². The number of aromatic nitrogens is 3. The van der Waals surface area contributed by atoms with Gasteiger partial charge in [0.1, 0.15) is 0 Å². The Labute approximate surface area is 111 Å². The van der Waals surface area contributed by atoms with E-state index in [2.05, 4.69) is 14.9 Å². The molecule has 0 aromatic carbocycles. The minimum atomic E-state index is -0.0662. The molecule has 0 saturated carbocycles. The van der Waals surface area contributed by atoms with Crippen molar-refractivity contribution in [2.75, 3.05) is 0 Å². The molecule has 0 fully saturated rings. The van der Waals surface area contributed by atoms with Crippen molar-refractivity contribution in [1.82, 2.24) is 19.4 Å². The topological polar surface area (TPSA) is 51.9 Å². The first kappa shape index (κ1) is 11.8. The highest BCUT2D eigenvalue weighted by Crippen LogP contribution is 2.24. The number of aryl methyl sites for hydroxylation is 2. The second kappa shape index (κ2) is 4.76. The molecule has 0 radical (unpaired) electrons. The predicted molar refractivity (Wildman–Crippen MR) is 72.2 cm³/mol. The van der Waals surface area contributed by atoms with Gasteiger partial charge in [-0.15, -0.1) is 0 Å². The molecular formula is C14H16N4O. The fourth-order valence-electron chi connectivity index (χ4n) is 2.39. The van der Waals surface area contributed by atoms with Crippen molar-refractivity contribution in [2.45, 2.75) is 19.0 Å². The van der Waals surface area contributed by atoms with Gasteiger partial charge in [-0.2, -0.15) is 0 Å². The number of carbonyl (C=O) groups excluding carboxylic acids is 1. The minimum Gasteiger partial charge on any atom is -0.357 e. The molecule has 0 bridgehead atoms. The Balaban J connectivity index is 1.62. The van der Waals surface area contributed by atoms with E-state index in [9.17, 15) is 4.79 Å². The summed E-state index contributed by atoms with van der Waals surface area (Å²) in [5.41, 5.74) is 2.11. The van der Waals surface area contributed by atoms with Crippen molar-refractivity contribution >= 4 is 12.0 Å². The van der Waals surface area contributed by atoms with Crippen molar-refractivity contribution in [3.63, 3.8) is 0 Å². The fourth-order valence-corrected chi connectivity index (χ4v) is 2.39. The largest absolute Gasteiger partial charge is 0.357 e. The van der Waals surface area contributed by atoms with Crippen LogP contribution in [-0.2, 0) is 18.4 Å². The van der Waals surface area contributed by atoms with Crippen LogP contribution >= 0.6 is 0 Å². The van der Waals surface area contributed by atoms with Gasteiger partial charge in [0.25, 0.3) is 0 Å². The predicted octanol–water partition coefficient (Wildman–Crippen LogP) is 1.50. The Morgan fingerprint density at radius 2 is 2.47 bits per heavy atom. The van der Waals surface area contributed by atoms with Gasteiger partial charge in [0, 0.05) is 32.1 Å². The standard InChI is InChI=1S/C14H16N4O/c1-17-6-4-11(9-17)2-3-14(19)16-12-5-7-18-10-15-8-13(12)18/h2-4,6,8-10,12H,5,7H2,1H3,(H,16,19)/b3-2+. The lowest BCUT2D eigenvalue weighted by Gasteiger charge is -2.09. The summed E-state index contributed by atoms with van der Waals surface area (Å²) in [7, 11) is 1.96. The van der Waals surface area contributed by atoms with Crippen molar-refractivity contribution in [2.24, 2.45) is 7.05 Å². The second-order valence-corrected chi connectivity index (χ2v) is 4.81. The number of carbonyl (C=O) groups is 1. The second-order valence-electron chi connectivity index (χ2n) is 4.81. The number of fused-ring (bicyclic) bond motifs is 1. The number of imidazole rings is 1. The molecule has 1 unspecified atom stereocenters. The van der Waals surface area contributed by atoms with E-state index in [4.69, 9.17) is 0 Å². The van der Waals surface area contributed by atoms with Gasteiger partial charge < -0.3 is 14.5 Å². The van der Waals surface area contributed by atoms with E-state index in [0.717, 1.165) is 24.2 Å². The van der Waals surface area contributed by atoms with Gasteiger partial charge in [-0.25, -0.2) is 4.98 Å². The summed E-state index contributed by atoms with van der Waals surface area (Å²) in [6, 6.07) is 2.05. The molecule has 1 aliphatic rings. The van der Waals surface area contributed by atoms with Crippen LogP contribution in [0.4, 0.5) is 0 Å². The van der Waals surface area contributed by atoms with Gasteiger partial charge >= 0.3 is 0 Å². The molecule has 19 heavy (non-hydrogen) atoms. The molecule has 5 heteroatoms. The molecule has 1 aliphatic heterocycles. The summed E-state index contributed by atoms with van der Waals surface area (Å²) in [4.78, 5) is 16.0. The Morgan fingerprint density at radius 1 is 1.58 bits per heavy atom. The molecule has 1 N–H and O–H groups in total. The van der Waals surface area contributed by atoms with E-state index in [1.165, 1.54) is 0 Å². The molecule has 1 amide bonds. The van der Waals surface area contributed by atoms with Crippen LogP contribution in [0.5, 0.6) is 0 Å². The van der Waals surface area contributed by atoms with Crippen molar-refractivity contribution < 1.29 is 4.79 Å². The van der Waals surface area contributed by atoms with E-state index in [0.29, 0.717) is 0 Å². The molecule has 2 aromatic rings. The third-order valence-corrected chi connectivity index (χ3v) is 3.36. The third kappa shape index (κ3) is 2.45. The Kier molecular flexibility index (Phi) is 2.95. The van der Waals surface area contributed by atoms with Crippen molar-refractivity contribution in [1.29, 1.82) is 0 Å². The van der Waals surface area contributed by atoms with Crippen LogP contribution in [0, 0.1) is 0 Å². The van der Waals surface area contributed by atoms with Crippen LogP contribution in [-0.4, -0.2) is 20.0 Å². The normalized spacial score (nSPS) is 17.8. The zero-order valence-electron chi connectivity index (χ0n) is 10.8. The first-order valence-electron chi connectivity index (χ1n) is 6.33. The molecule has 0 saturated heterocycles. The van der Waals surface area contributed by atoms with Crippen LogP contribution in [0.15, 0.2) is 37.1 Å². The van der Waals surface area contributed by atoms with Gasteiger partial charge in [0.05, 0.1) is 24.3 Å². The first-order chi connectivity index (χ1) is 9.22. The van der Waals surface area contributed by atoms with Crippen LogP contribution in [0.2, 0.25) is 0 Å². The molecular weight excluding hydrogens is 240 g/mol. The smallest absolute Gasteiger partial charge is 0.244 e. The highest BCUT2D eigenvalue weighted by atomic mass is 16.1. The number of hydrogen-bond donors (Lipinski definition) is 1. The maximum atomic E-state index is 11.9. The number of rotatable bonds is 3. The Hall–Kier alpha value is -2.30. The Morgan fingerprint density at radius 3 is 3.26 bits per heavy atom. The molecule has 2 aromatic heterocycles. The monoisotopic (exact) mass is 256 g/mol. The van der Waals surface area contributed by atoms with Crippen molar-refractivity contribution in [3.05, 3.63) is 48.3 Å². The molecule has 3 rings (SSSR count). The Bertz CT molecular complexity index is 623. The molecule has 0 spiro atoms. The van der Waals surface area contributed by atoms with Crippen LogP contribution in [0.3, 0.4) is 0 Å². The quantitative estimate of drug-likeness (QED) is 0.846. The lowest BCUT2D eigenvalue weighted by molar-refractivity contribution is -0.117. The minimum absolute atomic E-state index is 0.0662. The molecule has 3 heterocycles. The summed E-state index contributed by atoms with van der Waals surface area (Å²) in [6.45, 7) is 0.919. The van der Waals surface area contributed by atoms with Gasteiger partial charge in [-0.1, -0.05) is 0 Å². The SMILES string of the molecule is Cn1ccc(/C=C/C(=O)NC2CCn3cncc32)c1. The number of amides is 1. The maximum Gasteiger partial charge on any atom is 0.244 e. The van der Waals surface area contributed by atoms with Gasteiger partial charge in [-0.3, -0.25) is 4.79 Å². The van der Waals surface area contributed by atoms with E-state index in [1.807, 2.05) is 42.3 Å². The number of nitrogens with one attached hydrogen (secondary N) is 1. The van der Waals surface area contributed by atoms with Crippen molar-refractivity contribution in [3.8, 4) is 0 Å². The highest BCUT2D eigenvalue weighted by molar-refractivity contribution is 5.91. The van der Waals surface area contributed by atoms with Crippen LogP contribution in [0.1, 0.15) is 23.7 Å². The average molecular weight is 256 g/mol. The van der Waals surface area contributed by atoms with E-state index in [1.54, 1.807) is 12.4 Å². The molecule has 98 valence electrons. The van der Waals surface area contributed by atoms with E-state index >= 15 is 0 Å². The summed E-state index contributed by atoms with van der Waals surface area (Å²) < 4.78 is 4.03. The number of hydrogen-bond acceptors (Lipinski definition) is 2. The summed E-state index contributed by atoms with van der Waals surface area (Å²) in [5, 5.41) is 3.00. The molecule has 5 nitrogen and oxygen atoms in total. The van der Waals surface area contributed by atoms with Gasteiger partial charge in [-0.05, 0) is 24.1 Å². The fraction of sp³-hybridized carbons (Fsp3) is 0.286. The summed E-state index contributed by atoms with van der Waals surface area (Å²) >= 11 is 0. The average Bonchev–Trinajstić information content (AvgIpc) is 3.05. The molecule has 0 aliphatic carbocycles. The van der Waals surface area contributed by atoms with Crippen LogP contribution < -0.4 is 5.32 Å². The number of nitrogens with zero attached hydrogens (tertiary/aromatic N) is 3. The van der Waals surface area contributed by atoms with E-state index in [-0.39, 0.29) is 11.9 Å². The zero-order valence-corrected chi connectivity index (χ0v) is 10.8. The third-order valence-electron chi connectivity index (χ3n) is 3.36. The lowest BCUT2D eigenvalue weighted by Crippen LogP contribution is -2.25. The highest BCUT2D eigenvalue weighted by Gasteiger charge is 2.23. The summed E-state index contributed by atoms with van der Waals surface area (Å²) in [5.74, 6) is -0.0662.